The first-order chi connectivity index (χ1) is 19.3. The summed E-state index contributed by atoms with van der Waals surface area (Å²) in [7, 11) is 0. The van der Waals surface area contributed by atoms with Gasteiger partial charge in [-0.3, -0.25) is 18.6 Å². The molecule has 2 aromatic heterocycles. The molecule has 1 fully saturated rings. The second kappa shape index (κ2) is 13.1. The van der Waals surface area contributed by atoms with Gasteiger partial charge >= 0.3 is 5.97 Å². The van der Waals surface area contributed by atoms with Gasteiger partial charge in [0.25, 0.3) is 5.56 Å². The van der Waals surface area contributed by atoms with Crippen molar-refractivity contribution in [2.45, 2.75) is 77.4 Å². The van der Waals surface area contributed by atoms with Crippen LogP contribution in [-0.4, -0.2) is 56.6 Å². The molecule has 1 aromatic carbocycles. The maximum atomic E-state index is 13.7. The van der Waals surface area contributed by atoms with E-state index in [0.717, 1.165) is 49.9 Å². The highest BCUT2D eigenvalue weighted by molar-refractivity contribution is 5.79. The third-order valence-electron chi connectivity index (χ3n) is 8.43. The Balaban J connectivity index is 0.00000387. The molecule has 9 nitrogen and oxygen atoms in total. The van der Waals surface area contributed by atoms with Crippen LogP contribution in [0.25, 0.3) is 11.0 Å². The average Bonchev–Trinajstić information content (AvgIpc) is 3.36. The van der Waals surface area contributed by atoms with Crippen LogP contribution >= 0.6 is 0 Å². The molecule has 1 saturated heterocycles. The Morgan fingerprint density at radius 1 is 1.27 bits per heavy atom. The molecule has 0 amide bonds. The van der Waals surface area contributed by atoms with Crippen molar-refractivity contribution in [1.82, 2.24) is 14.7 Å². The second-order valence-corrected chi connectivity index (χ2v) is 11.1. The molecule has 5 rings (SSSR count). The minimum Gasteiger partial charge on any atom is -0.415 e. The molecule has 41 heavy (non-hydrogen) atoms. The van der Waals surface area contributed by atoms with Gasteiger partial charge in [-0.15, -0.1) is 0 Å². The van der Waals surface area contributed by atoms with Crippen LogP contribution in [0.3, 0.4) is 0 Å². The van der Waals surface area contributed by atoms with Crippen LogP contribution in [0.2, 0.25) is 0 Å². The number of aryl methyl sites for hydroxylation is 1. The molecular formula is C31H41FN4O5. The van der Waals surface area contributed by atoms with Crippen molar-refractivity contribution in [2.75, 3.05) is 26.4 Å². The van der Waals surface area contributed by atoms with Crippen LogP contribution in [0, 0.1) is 20.2 Å². The first-order valence-electron chi connectivity index (χ1n) is 14.3. The van der Waals surface area contributed by atoms with Gasteiger partial charge in [-0.2, -0.15) is 0 Å². The van der Waals surface area contributed by atoms with E-state index in [2.05, 4.69) is 10.1 Å². The standard InChI is InChI=1S/C30H38FN4O5.CH3/c1-3-4-5-8-27(37)39-19-35(17-13-23-20(2)32-29-25(36)7-6-14-34(29)30(23)38)15-11-21(12-16-35)28-24-10-9-22(31)18-26(24)40-33-28;/h4-5,9-10,18,21,25,36H,3,6-8,11-17,19H2,1-2H3;1H3/q+1;-1/b5-4+;. The van der Waals surface area contributed by atoms with E-state index in [1.165, 1.54) is 12.1 Å². The smallest absolute Gasteiger partial charge is 0.313 e. The van der Waals surface area contributed by atoms with E-state index in [1.807, 2.05) is 26.0 Å². The average molecular weight is 569 g/mol. The van der Waals surface area contributed by atoms with E-state index in [0.29, 0.717) is 53.1 Å². The molecule has 222 valence electrons. The number of hydrogen-bond donors (Lipinski definition) is 1. The Kier molecular flexibility index (Phi) is 9.76. The van der Waals surface area contributed by atoms with Gasteiger partial charge in [-0.1, -0.05) is 24.2 Å². The molecule has 0 radical (unpaired) electrons. The Morgan fingerprint density at radius 2 is 2.05 bits per heavy atom. The maximum absolute atomic E-state index is 13.7. The predicted octanol–water partition coefficient (Wildman–Crippen LogP) is 4.90. The van der Waals surface area contributed by atoms with Crippen LogP contribution in [0.5, 0.6) is 0 Å². The number of aliphatic hydroxyl groups excluding tert-OH is 1. The molecular weight excluding hydrogens is 527 g/mol. The number of aliphatic hydroxyl groups is 1. The summed E-state index contributed by atoms with van der Waals surface area (Å²) in [5.74, 6) is -0.0339. The quantitative estimate of drug-likeness (QED) is 0.169. The number of aromatic nitrogens is 3. The van der Waals surface area contributed by atoms with E-state index in [9.17, 15) is 19.1 Å². The highest BCUT2D eigenvalue weighted by atomic mass is 19.1. The number of quaternary nitrogens is 1. The lowest BCUT2D eigenvalue weighted by molar-refractivity contribution is -0.948. The van der Waals surface area contributed by atoms with E-state index in [4.69, 9.17) is 9.26 Å². The van der Waals surface area contributed by atoms with Crippen LogP contribution in [0.15, 0.2) is 39.7 Å². The molecule has 0 spiro atoms. The molecule has 10 heteroatoms. The van der Waals surface area contributed by atoms with Crippen molar-refractivity contribution in [3.63, 3.8) is 0 Å². The van der Waals surface area contributed by atoms with E-state index in [-0.39, 0.29) is 43.8 Å². The van der Waals surface area contributed by atoms with Crippen molar-refractivity contribution in [3.05, 3.63) is 76.7 Å². The molecule has 2 aliphatic rings. The topological polar surface area (TPSA) is 107 Å². The van der Waals surface area contributed by atoms with Crippen molar-refractivity contribution >= 4 is 16.9 Å². The highest BCUT2D eigenvalue weighted by Gasteiger charge is 2.37. The number of carbonyl (C=O) groups excluding carboxylic acids is 1. The summed E-state index contributed by atoms with van der Waals surface area (Å²) in [6, 6.07) is 4.49. The van der Waals surface area contributed by atoms with E-state index >= 15 is 0 Å². The number of likely N-dealkylation sites (tertiary alicyclic amines) is 1. The van der Waals surface area contributed by atoms with Gasteiger partial charge in [0.15, 0.2) is 5.58 Å². The number of ether oxygens (including phenoxy) is 1. The maximum Gasteiger partial charge on any atom is 0.313 e. The zero-order valence-corrected chi connectivity index (χ0v) is 24.3. The summed E-state index contributed by atoms with van der Waals surface area (Å²) in [6.07, 6.45) is 7.59. The van der Waals surface area contributed by atoms with Gasteiger partial charge in [-0.05, 0) is 38.3 Å². The number of carbonyl (C=O) groups is 1. The van der Waals surface area contributed by atoms with Crippen LogP contribution < -0.4 is 5.56 Å². The minimum atomic E-state index is -0.711. The molecule has 1 N–H and O–H groups in total. The summed E-state index contributed by atoms with van der Waals surface area (Å²) >= 11 is 0. The number of piperidine rings is 1. The largest absolute Gasteiger partial charge is 0.415 e. The first kappa shape index (κ1) is 30.6. The second-order valence-electron chi connectivity index (χ2n) is 11.1. The molecule has 4 heterocycles. The number of nitrogens with zero attached hydrogens (tertiary/aromatic N) is 4. The number of allylic oxidation sites excluding steroid dienone is 1. The fourth-order valence-electron chi connectivity index (χ4n) is 6.05. The first-order valence-corrected chi connectivity index (χ1v) is 14.3. The molecule has 1 atom stereocenters. The Hall–Kier alpha value is -3.37. The summed E-state index contributed by atoms with van der Waals surface area (Å²) in [6.45, 7) is 6.72. The molecule has 1 unspecified atom stereocenters. The fourth-order valence-corrected chi connectivity index (χ4v) is 6.05. The monoisotopic (exact) mass is 568 g/mol. The number of benzene rings is 1. The minimum absolute atomic E-state index is 0. The number of fused-ring (bicyclic) bond motifs is 2. The highest BCUT2D eigenvalue weighted by Crippen LogP contribution is 2.35. The zero-order valence-electron chi connectivity index (χ0n) is 24.3. The van der Waals surface area contributed by atoms with Gasteiger partial charge in [0.2, 0.25) is 6.73 Å². The van der Waals surface area contributed by atoms with E-state index < -0.39 is 6.10 Å². The van der Waals surface area contributed by atoms with Gasteiger partial charge < -0.3 is 21.8 Å². The number of hydrogen-bond acceptors (Lipinski definition) is 7. The Bertz CT molecular complexity index is 1450. The van der Waals surface area contributed by atoms with Gasteiger partial charge in [0.05, 0.1) is 31.7 Å². The fraction of sp³-hybridized carbons (Fsp3) is 0.516. The predicted molar refractivity (Wildman–Crippen MR) is 153 cm³/mol. The van der Waals surface area contributed by atoms with Crippen molar-refractivity contribution in [2.24, 2.45) is 0 Å². The number of halogens is 1. The van der Waals surface area contributed by atoms with Crippen LogP contribution in [0.1, 0.15) is 80.2 Å². The summed E-state index contributed by atoms with van der Waals surface area (Å²) < 4.78 is 27.0. The Morgan fingerprint density at radius 3 is 2.80 bits per heavy atom. The molecule has 0 aliphatic carbocycles. The molecule has 0 bridgehead atoms. The van der Waals surface area contributed by atoms with Crippen LogP contribution in [-0.2, 0) is 22.5 Å². The number of esters is 1. The van der Waals surface area contributed by atoms with Crippen molar-refractivity contribution < 1.29 is 28.0 Å². The normalized spacial score (nSPS) is 22.4. The van der Waals surface area contributed by atoms with Gasteiger partial charge in [-0.25, -0.2) is 9.37 Å². The lowest BCUT2D eigenvalue weighted by Gasteiger charge is -2.42. The lowest BCUT2D eigenvalue weighted by Crippen LogP contribution is -2.55. The van der Waals surface area contributed by atoms with Crippen LogP contribution in [0.4, 0.5) is 4.39 Å². The van der Waals surface area contributed by atoms with Crippen molar-refractivity contribution in [3.8, 4) is 0 Å². The summed E-state index contributed by atoms with van der Waals surface area (Å²) in [5, 5.41) is 15.4. The summed E-state index contributed by atoms with van der Waals surface area (Å²) in [4.78, 5) is 30.5. The molecule has 2 aliphatic heterocycles. The third-order valence-corrected chi connectivity index (χ3v) is 8.43. The van der Waals surface area contributed by atoms with E-state index in [1.54, 1.807) is 10.6 Å². The SMILES string of the molecule is CC/C=C/CC(=O)OC[N+]1(CCc2c(C)nc3n(c2=O)CCCC3O)CCC(c2noc3cc(F)ccc23)CC1.[CH3-]. The number of rotatable bonds is 9. The van der Waals surface area contributed by atoms with Gasteiger partial charge in [0.1, 0.15) is 17.7 Å². The molecule has 0 saturated carbocycles. The summed E-state index contributed by atoms with van der Waals surface area (Å²) in [5.41, 5.74) is 2.49. The third kappa shape index (κ3) is 6.59. The Labute approximate surface area is 240 Å². The lowest BCUT2D eigenvalue weighted by atomic mass is 9.90. The zero-order chi connectivity index (χ0) is 28.3. The molecule has 3 aromatic rings. The van der Waals surface area contributed by atoms with Crippen molar-refractivity contribution in [1.29, 1.82) is 0 Å². The van der Waals surface area contributed by atoms with Gasteiger partial charge in [0, 0.05) is 54.4 Å².